The molecule has 0 aliphatic carbocycles. The summed E-state index contributed by atoms with van der Waals surface area (Å²) in [4.78, 5) is 0. The lowest BCUT2D eigenvalue weighted by Crippen LogP contribution is -2.16. The van der Waals surface area contributed by atoms with Crippen molar-refractivity contribution in [2.75, 3.05) is 0 Å². The highest BCUT2D eigenvalue weighted by atomic mass is 14.0. The molecule has 0 saturated heterocycles. The van der Waals surface area contributed by atoms with Crippen LogP contribution in [0.25, 0.3) is 0 Å². The SMILES string of the molecule is CC(C)(C)BCBC(C)(C)C. The fourth-order valence-electron chi connectivity index (χ4n) is 1.15. The summed E-state index contributed by atoms with van der Waals surface area (Å²) >= 11 is 0. The van der Waals surface area contributed by atoms with Gasteiger partial charge in [-0.05, 0) is 0 Å². The fourth-order valence-corrected chi connectivity index (χ4v) is 1.15. The first-order valence-electron chi connectivity index (χ1n) is 4.71. The van der Waals surface area contributed by atoms with E-state index in [9.17, 15) is 0 Å². The molecule has 0 radical (unpaired) electrons. The zero-order valence-corrected chi connectivity index (χ0v) is 9.12. The van der Waals surface area contributed by atoms with Crippen molar-refractivity contribution >= 4 is 14.6 Å². The molecule has 0 bridgehead atoms. The maximum absolute atomic E-state index is 2.32. The van der Waals surface area contributed by atoms with Gasteiger partial charge in [0.2, 0.25) is 0 Å². The lowest BCUT2D eigenvalue weighted by atomic mass is 9.38. The molecular weight excluding hydrogens is 130 g/mol. The Morgan fingerprint density at radius 3 is 1.18 bits per heavy atom. The van der Waals surface area contributed by atoms with E-state index in [2.05, 4.69) is 41.5 Å². The molecule has 0 amide bonds. The predicted octanol–water partition coefficient (Wildman–Crippen LogP) is 2.67. The Labute approximate surface area is 73.6 Å². The summed E-state index contributed by atoms with van der Waals surface area (Å²) in [5.74, 6) is 0. The van der Waals surface area contributed by atoms with Gasteiger partial charge in [0.25, 0.3) is 0 Å². The summed E-state index contributed by atoms with van der Waals surface area (Å²) in [6.45, 7) is 13.9. The Kier molecular flexibility index (Phi) is 3.73. The van der Waals surface area contributed by atoms with Gasteiger partial charge in [-0.2, -0.15) is 0 Å². The fraction of sp³-hybridized carbons (Fsp3) is 1.00. The summed E-state index contributed by atoms with van der Waals surface area (Å²) in [6, 6.07) is 0. The van der Waals surface area contributed by atoms with E-state index in [1.807, 2.05) is 0 Å². The second-order valence-corrected chi connectivity index (χ2v) is 5.97. The Balaban J connectivity index is 3.44. The van der Waals surface area contributed by atoms with Gasteiger partial charge < -0.3 is 0 Å². The largest absolute Gasteiger partial charge is 0.119 e. The molecule has 0 fully saturated rings. The molecular formula is C9H22B2. The highest BCUT2D eigenvalue weighted by Crippen LogP contribution is 2.26. The van der Waals surface area contributed by atoms with Crippen LogP contribution in [0.4, 0.5) is 0 Å². The lowest BCUT2D eigenvalue weighted by molar-refractivity contribution is 0.742. The van der Waals surface area contributed by atoms with Crippen LogP contribution >= 0.6 is 0 Å². The van der Waals surface area contributed by atoms with Crippen LogP contribution in [-0.4, -0.2) is 14.6 Å². The molecule has 64 valence electrons. The van der Waals surface area contributed by atoms with Crippen LogP contribution in [0.3, 0.4) is 0 Å². The zero-order chi connectivity index (χ0) is 9.12. The van der Waals surface area contributed by atoms with Crippen molar-refractivity contribution in [2.24, 2.45) is 0 Å². The van der Waals surface area contributed by atoms with Crippen LogP contribution in [0.15, 0.2) is 0 Å². The first-order valence-corrected chi connectivity index (χ1v) is 4.71. The molecule has 0 aromatic carbocycles. The zero-order valence-electron chi connectivity index (χ0n) is 9.12. The van der Waals surface area contributed by atoms with E-state index >= 15 is 0 Å². The summed E-state index contributed by atoms with van der Waals surface area (Å²) in [6.07, 6.45) is 1.37. The topological polar surface area (TPSA) is 0 Å². The van der Waals surface area contributed by atoms with Crippen LogP contribution < -0.4 is 0 Å². The highest BCUT2D eigenvalue weighted by molar-refractivity contribution is 6.59. The van der Waals surface area contributed by atoms with Crippen molar-refractivity contribution in [1.29, 1.82) is 0 Å². The number of rotatable bonds is 2. The molecule has 0 N–H and O–H groups in total. The summed E-state index contributed by atoms with van der Waals surface area (Å²) in [5, 5.41) is 1.04. The van der Waals surface area contributed by atoms with E-state index in [-0.39, 0.29) is 0 Å². The monoisotopic (exact) mass is 152 g/mol. The predicted molar refractivity (Wildman–Crippen MR) is 58.5 cm³/mol. The summed E-state index contributed by atoms with van der Waals surface area (Å²) < 4.78 is 0. The third kappa shape index (κ3) is 10.1. The second-order valence-electron chi connectivity index (χ2n) is 5.97. The van der Waals surface area contributed by atoms with Gasteiger partial charge in [-0.1, -0.05) is 52.2 Å². The minimum atomic E-state index is 0.519. The first-order chi connectivity index (χ1) is 4.71. The van der Waals surface area contributed by atoms with Crippen LogP contribution in [0.5, 0.6) is 0 Å². The Hall–Kier alpha value is 0.130. The average Bonchev–Trinajstić information content (AvgIpc) is 1.55. The number of hydrogen-bond acceptors (Lipinski definition) is 0. The highest BCUT2D eigenvalue weighted by Gasteiger charge is 2.16. The van der Waals surface area contributed by atoms with Gasteiger partial charge in [-0.3, -0.25) is 0 Å². The molecule has 0 aliphatic rings. The summed E-state index contributed by atoms with van der Waals surface area (Å²) in [7, 11) is 2.70. The van der Waals surface area contributed by atoms with Crippen molar-refractivity contribution in [1.82, 2.24) is 0 Å². The lowest BCUT2D eigenvalue weighted by Gasteiger charge is -2.20. The molecule has 0 nitrogen and oxygen atoms in total. The maximum atomic E-state index is 2.32. The Bertz CT molecular complexity index is 91.7. The average molecular weight is 152 g/mol. The van der Waals surface area contributed by atoms with Gasteiger partial charge in [0.05, 0.1) is 0 Å². The molecule has 11 heavy (non-hydrogen) atoms. The Morgan fingerprint density at radius 1 is 0.727 bits per heavy atom. The quantitative estimate of drug-likeness (QED) is 0.533. The Morgan fingerprint density at radius 2 is 1.00 bits per heavy atom. The van der Waals surface area contributed by atoms with Crippen LogP contribution in [0, 0.1) is 0 Å². The third-order valence-corrected chi connectivity index (χ3v) is 1.85. The van der Waals surface area contributed by atoms with Gasteiger partial charge in [-0.25, -0.2) is 0 Å². The molecule has 0 heterocycles. The standard InChI is InChI=1S/C9H22B2/c1-8(2,3)10-7-11-9(4,5)6/h10-11H,7H2,1-6H3. The van der Waals surface area contributed by atoms with E-state index in [1.165, 1.54) is 20.8 Å². The van der Waals surface area contributed by atoms with E-state index in [0.717, 1.165) is 0 Å². The minimum absolute atomic E-state index is 0.519. The van der Waals surface area contributed by atoms with Crippen LogP contribution in [0.2, 0.25) is 16.8 Å². The molecule has 0 saturated carbocycles. The van der Waals surface area contributed by atoms with Gasteiger partial charge in [0, 0.05) is 0 Å². The van der Waals surface area contributed by atoms with E-state index < -0.39 is 0 Å². The molecule has 0 aromatic rings. The molecule has 0 atom stereocenters. The van der Waals surface area contributed by atoms with E-state index in [0.29, 0.717) is 10.6 Å². The van der Waals surface area contributed by atoms with Crippen LogP contribution in [0.1, 0.15) is 41.5 Å². The third-order valence-electron chi connectivity index (χ3n) is 1.85. The number of hydrogen-bond donors (Lipinski definition) is 0. The smallest absolute Gasteiger partial charge is 0.100 e. The molecule has 2 heteroatoms. The van der Waals surface area contributed by atoms with Crippen molar-refractivity contribution in [3.8, 4) is 0 Å². The van der Waals surface area contributed by atoms with Crippen molar-refractivity contribution in [2.45, 2.75) is 58.4 Å². The van der Waals surface area contributed by atoms with Crippen molar-refractivity contribution < 1.29 is 0 Å². The molecule has 0 spiro atoms. The van der Waals surface area contributed by atoms with E-state index in [1.54, 1.807) is 0 Å². The van der Waals surface area contributed by atoms with Gasteiger partial charge in [0.1, 0.15) is 14.6 Å². The maximum Gasteiger partial charge on any atom is 0.119 e. The van der Waals surface area contributed by atoms with Crippen molar-refractivity contribution in [3.63, 3.8) is 0 Å². The van der Waals surface area contributed by atoms with Gasteiger partial charge in [0.15, 0.2) is 0 Å². The molecule has 0 aliphatic heterocycles. The summed E-state index contributed by atoms with van der Waals surface area (Å²) in [5.41, 5.74) is 0. The van der Waals surface area contributed by atoms with Gasteiger partial charge >= 0.3 is 0 Å². The normalized spacial score (nSPS) is 12.9. The first kappa shape index (κ1) is 11.1. The molecule has 0 unspecified atom stereocenters. The molecule has 0 aromatic heterocycles. The van der Waals surface area contributed by atoms with Crippen LogP contribution in [-0.2, 0) is 0 Å². The van der Waals surface area contributed by atoms with E-state index in [4.69, 9.17) is 0 Å². The molecule has 0 rings (SSSR count). The second kappa shape index (κ2) is 3.69. The van der Waals surface area contributed by atoms with Gasteiger partial charge in [-0.15, -0.1) is 6.22 Å². The minimum Gasteiger partial charge on any atom is -0.100 e. The van der Waals surface area contributed by atoms with Crippen molar-refractivity contribution in [3.05, 3.63) is 0 Å².